The molecule has 0 bridgehead atoms. The molecule has 26 heavy (non-hydrogen) atoms. The van der Waals surface area contributed by atoms with Gasteiger partial charge in [-0.1, -0.05) is 44.2 Å². The van der Waals surface area contributed by atoms with Crippen LogP contribution in [0.4, 0.5) is 13.2 Å². The first-order valence-corrected chi connectivity index (χ1v) is 7.88. The molecule has 0 heterocycles. The second-order valence-electron chi connectivity index (χ2n) is 6.55. The summed E-state index contributed by atoms with van der Waals surface area (Å²) in [6.07, 6.45) is -4.39. The predicted molar refractivity (Wildman–Crippen MR) is 98.4 cm³/mol. The third kappa shape index (κ3) is 5.47. The fourth-order valence-electron chi connectivity index (χ4n) is 2.41. The van der Waals surface area contributed by atoms with Crippen molar-refractivity contribution in [3.05, 3.63) is 70.8 Å². The molecular formula is C19H22ClF3N2O. The van der Waals surface area contributed by atoms with E-state index in [4.69, 9.17) is 5.73 Å². The van der Waals surface area contributed by atoms with E-state index in [0.29, 0.717) is 17.7 Å². The molecule has 0 aliphatic rings. The quantitative estimate of drug-likeness (QED) is 0.805. The van der Waals surface area contributed by atoms with Gasteiger partial charge in [0.15, 0.2) is 0 Å². The molecule has 2 aromatic carbocycles. The van der Waals surface area contributed by atoms with Crippen LogP contribution in [-0.4, -0.2) is 12.5 Å². The standard InChI is InChI=1S/C19H21F3N2O.ClH/c1-18(2,15-4-3-5-16(10-15)19(20,21)22)12-24-17(25)14-8-6-13(11-23)7-9-14;/h3-10H,11-12,23H2,1-2H3,(H,24,25);1H. The molecule has 0 radical (unpaired) electrons. The van der Waals surface area contributed by atoms with Crippen LogP contribution in [0.3, 0.4) is 0 Å². The van der Waals surface area contributed by atoms with Gasteiger partial charge in [-0.2, -0.15) is 13.2 Å². The van der Waals surface area contributed by atoms with E-state index < -0.39 is 17.2 Å². The van der Waals surface area contributed by atoms with Crippen LogP contribution in [0.2, 0.25) is 0 Å². The second-order valence-corrected chi connectivity index (χ2v) is 6.55. The minimum atomic E-state index is -4.39. The summed E-state index contributed by atoms with van der Waals surface area (Å²) in [4.78, 5) is 12.2. The average Bonchev–Trinajstić information content (AvgIpc) is 2.59. The molecule has 2 aromatic rings. The maximum absolute atomic E-state index is 12.9. The Hall–Kier alpha value is -2.05. The lowest BCUT2D eigenvalue weighted by molar-refractivity contribution is -0.137. The number of carbonyl (C=O) groups excluding carboxylic acids is 1. The Labute approximate surface area is 157 Å². The fraction of sp³-hybridized carbons (Fsp3) is 0.316. The number of carbonyl (C=O) groups is 1. The first kappa shape index (κ1) is 22.0. The lowest BCUT2D eigenvalue weighted by Gasteiger charge is -2.26. The number of nitrogens with one attached hydrogen (secondary N) is 1. The van der Waals surface area contributed by atoms with Gasteiger partial charge in [-0.15, -0.1) is 12.4 Å². The topological polar surface area (TPSA) is 55.1 Å². The molecule has 2 rings (SSSR count). The Morgan fingerprint density at radius 1 is 1.04 bits per heavy atom. The van der Waals surface area contributed by atoms with E-state index in [9.17, 15) is 18.0 Å². The number of halogens is 4. The van der Waals surface area contributed by atoms with Crippen LogP contribution in [0.25, 0.3) is 0 Å². The highest BCUT2D eigenvalue weighted by Crippen LogP contribution is 2.32. The van der Waals surface area contributed by atoms with E-state index >= 15 is 0 Å². The van der Waals surface area contributed by atoms with Crippen molar-refractivity contribution in [1.82, 2.24) is 5.32 Å². The highest BCUT2D eigenvalue weighted by molar-refractivity contribution is 5.94. The zero-order valence-electron chi connectivity index (χ0n) is 14.6. The predicted octanol–water partition coefficient (Wildman–Crippen LogP) is 4.29. The highest BCUT2D eigenvalue weighted by Gasteiger charge is 2.32. The summed E-state index contributed by atoms with van der Waals surface area (Å²) in [7, 11) is 0. The molecule has 0 aromatic heterocycles. The summed E-state index contributed by atoms with van der Waals surface area (Å²) in [5.41, 5.74) is 6.10. The molecule has 0 aliphatic carbocycles. The van der Waals surface area contributed by atoms with Gasteiger partial charge in [0.25, 0.3) is 5.91 Å². The van der Waals surface area contributed by atoms with Gasteiger partial charge >= 0.3 is 6.18 Å². The van der Waals surface area contributed by atoms with E-state index in [0.717, 1.165) is 17.7 Å². The fourth-order valence-corrected chi connectivity index (χ4v) is 2.41. The van der Waals surface area contributed by atoms with Crippen molar-refractivity contribution in [3.8, 4) is 0 Å². The minimum absolute atomic E-state index is 0. The first-order valence-electron chi connectivity index (χ1n) is 7.88. The van der Waals surface area contributed by atoms with E-state index in [-0.39, 0.29) is 24.9 Å². The molecule has 0 aliphatic heterocycles. The largest absolute Gasteiger partial charge is 0.416 e. The van der Waals surface area contributed by atoms with Gasteiger partial charge in [0, 0.05) is 24.1 Å². The van der Waals surface area contributed by atoms with Crippen molar-refractivity contribution in [2.75, 3.05) is 6.54 Å². The summed E-state index contributed by atoms with van der Waals surface area (Å²) in [6, 6.07) is 12.1. The van der Waals surface area contributed by atoms with Crippen LogP contribution in [0, 0.1) is 0 Å². The molecule has 0 atom stereocenters. The second kappa shape index (κ2) is 8.56. The molecule has 7 heteroatoms. The smallest absolute Gasteiger partial charge is 0.351 e. The zero-order valence-corrected chi connectivity index (χ0v) is 15.4. The van der Waals surface area contributed by atoms with Gasteiger partial charge in [0.2, 0.25) is 0 Å². The molecule has 3 N–H and O–H groups in total. The zero-order chi connectivity index (χ0) is 18.7. The van der Waals surface area contributed by atoms with Crippen LogP contribution in [0.5, 0.6) is 0 Å². The maximum Gasteiger partial charge on any atom is 0.416 e. The summed E-state index contributed by atoms with van der Waals surface area (Å²) in [5, 5.41) is 2.78. The summed E-state index contributed by atoms with van der Waals surface area (Å²) in [6.45, 7) is 4.19. The van der Waals surface area contributed by atoms with Crippen molar-refractivity contribution in [1.29, 1.82) is 0 Å². The molecule has 0 saturated heterocycles. The Morgan fingerprint density at radius 3 is 2.15 bits per heavy atom. The molecule has 0 saturated carbocycles. The molecule has 142 valence electrons. The van der Waals surface area contributed by atoms with E-state index in [1.54, 1.807) is 44.2 Å². The van der Waals surface area contributed by atoms with Crippen molar-refractivity contribution < 1.29 is 18.0 Å². The van der Waals surface area contributed by atoms with E-state index in [1.807, 2.05) is 0 Å². The number of rotatable bonds is 5. The van der Waals surface area contributed by atoms with Gasteiger partial charge in [0.1, 0.15) is 0 Å². The molecule has 0 unspecified atom stereocenters. The Morgan fingerprint density at radius 2 is 1.62 bits per heavy atom. The minimum Gasteiger partial charge on any atom is -0.351 e. The molecule has 3 nitrogen and oxygen atoms in total. The van der Waals surface area contributed by atoms with Gasteiger partial charge < -0.3 is 11.1 Å². The third-order valence-corrected chi connectivity index (χ3v) is 4.11. The Balaban J connectivity index is 0.00000338. The Kier molecular flexibility index (Phi) is 7.24. The number of hydrogen-bond acceptors (Lipinski definition) is 2. The number of benzene rings is 2. The molecular weight excluding hydrogens is 365 g/mol. The van der Waals surface area contributed by atoms with Crippen molar-refractivity contribution >= 4 is 18.3 Å². The van der Waals surface area contributed by atoms with Crippen LogP contribution < -0.4 is 11.1 Å². The van der Waals surface area contributed by atoms with Crippen molar-refractivity contribution in [2.24, 2.45) is 5.73 Å². The lowest BCUT2D eigenvalue weighted by Crippen LogP contribution is -2.36. The van der Waals surface area contributed by atoms with Crippen LogP contribution in [0.15, 0.2) is 48.5 Å². The lowest BCUT2D eigenvalue weighted by atomic mass is 9.83. The Bertz CT molecular complexity index is 743. The van der Waals surface area contributed by atoms with Gasteiger partial charge in [-0.3, -0.25) is 4.79 Å². The maximum atomic E-state index is 12.9. The highest BCUT2D eigenvalue weighted by atomic mass is 35.5. The molecule has 1 amide bonds. The van der Waals surface area contributed by atoms with Crippen LogP contribution in [-0.2, 0) is 18.1 Å². The molecule has 0 spiro atoms. The number of nitrogens with two attached hydrogens (primary N) is 1. The normalized spacial score (nSPS) is 11.6. The summed E-state index contributed by atoms with van der Waals surface area (Å²) >= 11 is 0. The van der Waals surface area contributed by atoms with E-state index in [2.05, 4.69) is 5.32 Å². The van der Waals surface area contributed by atoms with Crippen LogP contribution >= 0.6 is 12.4 Å². The monoisotopic (exact) mass is 386 g/mol. The van der Waals surface area contributed by atoms with Gasteiger partial charge in [-0.05, 0) is 29.3 Å². The first-order chi connectivity index (χ1) is 11.6. The van der Waals surface area contributed by atoms with Crippen LogP contribution in [0.1, 0.15) is 40.9 Å². The van der Waals surface area contributed by atoms with Gasteiger partial charge in [0.05, 0.1) is 5.56 Å². The van der Waals surface area contributed by atoms with E-state index in [1.165, 1.54) is 6.07 Å². The summed E-state index contributed by atoms with van der Waals surface area (Å²) in [5.74, 6) is -0.274. The number of hydrogen-bond donors (Lipinski definition) is 2. The SMILES string of the molecule is CC(C)(CNC(=O)c1ccc(CN)cc1)c1cccc(C(F)(F)F)c1.Cl. The average molecular weight is 387 g/mol. The number of alkyl halides is 3. The number of amides is 1. The van der Waals surface area contributed by atoms with Crippen molar-refractivity contribution in [2.45, 2.75) is 32.0 Å². The molecule has 0 fully saturated rings. The van der Waals surface area contributed by atoms with Crippen molar-refractivity contribution in [3.63, 3.8) is 0 Å². The summed E-state index contributed by atoms with van der Waals surface area (Å²) < 4.78 is 38.6. The van der Waals surface area contributed by atoms with Gasteiger partial charge in [-0.25, -0.2) is 0 Å². The third-order valence-electron chi connectivity index (χ3n) is 4.11.